The molecule has 10 heteroatoms. The number of esters is 1. The van der Waals surface area contributed by atoms with Crippen LogP contribution in [0.1, 0.15) is 53.9 Å². The van der Waals surface area contributed by atoms with Crippen molar-refractivity contribution in [3.63, 3.8) is 0 Å². The van der Waals surface area contributed by atoms with E-state index >= 15 is 0 Å². The Morgan fingerprint density at radius 1 is 0.911 bits per heavy atom. The normalized spacial score (nSPS) is 20.0. The molecule has 3 atom stereocenters. The van der Waals surface area contributed by atoms with Gasteiger partial charge in [-0.1, -0.05) is 54.6 Å². The minimum absolute atomic E-state index is 0.163. The maximum atomic E-state index is 13.5. The molecule has 3 aromatic carbocycles. The summed E-state index contributed by atoms with van der Waals surface area (Å²) in [5, 5.41) is 3.07. The third kappa shape index (κ3) is 8.33. The molecule has 0 radical (unpaired) electrons. The average molecular weight is 617 g/mol. The molecule has 2 bridgehead atoms. The molecule has 0 aliphatic carbocycles. The molecular weight excluding hydrogens is 576 g/mol. The highest BCUT2D eigenvalue weighted by atomic mass is 16.6. The van der Waals surface area contributed by atoms with Crippen LogP contribution < -0.4 is 10.1 Å². The number of ether oxygens (including phenoxy) is 5. The Morgan fingerprint density at radius 3 is 2.22 bits per heavy atom. The van der Waals surface area contributed by atoms with E-state index in [0.29, 0.717) is 44.2 Å². The third-order valence-corrected chi connectivity index (χ3v) is 7.76. The second-order valence-electron chi connectivity index (χ2n) is 12.4. The van der Waals surface area contributed by atoms with Gasteiger partial charge in [-0.25, -0.2) is 14.4 Å². The Kier molecular flexibility index (Phi) is 9.93. The van der Waals surface area contributed by atoms with Gasteiger partial charge in [0.15, 0.2) is 0 Å². The molecule has 10 nitrogen and oxygen atoms in total. The summed E-state index contributed by atoms with van der Waals surface area (Å²) < 4.78 is 28.2. The molecule has 5 rings (SSSR count). The molecular formula is C35H40N2O8. The van der Waals surface area contributed by atoms with Gasteiger partial charge >= 0.3 is 18.2 Å². The minimum atomic E-state index is -0.595. The lowest BCUT2D eigenvalue weighted by Crippen LogP contribution is -2.59. The van der Waals surface area contributed by atoms with Crippen molar-refractivity contribution in [3.8, 4) is 5.75 Å². The zero-order valence-corrected chi connectivity index (χ0v) is 26.1. The van der Waals surface area contributed by atoms with Crippen LogP contribution in [0.25, 0.3) is 0 Å². The first-order valence-electron chi connectivity index (χ1n) is 15.1. The molecule has 1 N–H and O–H groups in total. The number of rotatable bonds is 8. The molecule has 238 valence electrons. The lowest BCUT2D eigenvalue weighted by Gasteiger charge is -2.46. The predicted molar refractivity (Wildman–Crippen MR) is 166 cm³/mol. The van der Waals surface area contributed by atoms with Gasteiger partial charge in [0.05, 0.1) is 31.9 Å². The number of nitrogens with one attached hydrogen (secondary N) is 1. The van der Waals surface area contributed by atoms with E-state index in [9.17, 15) is 14.4 Å². The van der Waals surface area contributed by atoms with Gasteiger partial charge < -0.3 is 33.9 Å². The van der Waals surface area contributed by atoms with Crippen molar-refractivity contribution < 1.29 is 38.1 Å². The summed E-state index contributed by atoms with van der Waals surface area (Å²) in [4.78, 5) is 39.6. The lowest BCUT2D eigenvalue weighted by atomic mass is 9.85. The van der Waals surface area contributed by atoms with Crippen molar-refractivity contribution in [1.29, 1.82) is 0 Å². The topological polar surface area (TPSA) is 113 Å². The number of nitrogens with zero attached hydrogens (tertiary/aromatic N) is 1. The molecule has 3 unspecified atom stereocenters. The van der Waals surface area contributed by atoms with Crippen LogP contribution in [0.15, 0.2) is 78.9 Å². The number of benzene rings is 3. The highest BCUT2D eigenvalue weighted by Crippen LogP contribution is 2.32. The summed E-state index contributed by atoms with van der Waals surface area (Å²) in [6, 6.07) is 23.7. The quantitative estimate of drug-likeness (QED) is 0.252. The van der Waals surface area contributed by atoms with Crippen LogP contribution in [0.3, 0.4) is 0 Å². The molecule has 0 spiro atoms. The van der Waals surface area contributed by atoms with E-state index in [1.165, 1.54) is 7.11 Å². The molecule has 2 fully saturated rings. The fraction of sp³-hybridized carbons (Fsp3) is 0.400. The van der Waals surface area contributed by atoms with E-state index in [4.69, 9.17) is 23.7 Å². The van der Waals surface area contributed by atoms with Crippen molar-refractivity contribution in [2.45, 2.75) is 45.1 Å². The van der Waals surface area contributed by atoms with Gasteiger partial charge in [0.2, 0.25) is 0 Å². The third-order valence-electron chi connectivity index (χ3n) is 7.76. The van der Waals surface area contributed by atoms with Crippen LogP contribution in [-0.2, 0) is 25.6 Å². The molecule has 2 saturated heterocycles. The SMILES string of the molecule is COC(=O)c1ccc(COc2cccc(C(NC(=O)OC3C4COCC3CN(C(=O)OC(C)(C)C)C4)c3ccccc3)c2)cc1. The van der Waals surface area contributed by atoms with E-state index in [1.54, 1.807) is 17.0 Å². The summed E-state index contributed by atoms with van der Waals surface area (Å²) in [6.45, 7) is 7.36. The number of carbonyl (C=O) groups is 3. The van der Waals surface area contributed by atoms with Crippen molar-refractivity contribution in [1.82, 2.24) is 10.2 Å². The summed E-state index contributed by atoms with van der Waals surface area (Å²) >= 11 is 0. The Bertz CT molecular complexity index is 1460. The molecule has 0 aromatic heterocycles. The van der Waals surface area contributed by atoms with Gasteiger partial charge in [-0.2, -0.15) is 0 Å². The number of piperidine rings is 1. The standard InChI is InChI=1S/C35H40N2O8/c1-35(2,3)45-34(40)37-18-27-21-42-22-28(19-37)31(27)44-33(39)36-30(24-9-6-5-7-10-24)26-11-8-12-29(17-26)43-20-23-13-15-25(16-14-23)32(38)41-4/h5-17,27-28,30-31H,18-22H2,1-4H3,(H,36,39). The maximum absolute atomic E-state index is 13.5. The summed E-state index contributed by atoms with van der Waals surface area (Å²) in [6.07, 6.45) is -1.31. The zero-order valence-electron chi connectivity index (χ0n) is 26.1. The Labute approximate surface area is 263 Å². The van der Waals surface area contributed by atoms with Crippen LogP contribution >= 0.6 is 0 Å². The number of methoxy groups -OCH3 is 1. The van der Waals surface area contributed by atoms with Crippen molar-refractivity contribution in [2.24, 2.45) is 11.8 Å². The number of amides is 2. The molecule has 2 amide bonds. The van der Waals surface area contributed by atoms with Crippen LogP contribution in [0.5, 0.6) is 5.75 Å². The monoisotopic (exact) mass is 616 g/mol. The van der Waals surface area contributed by atoms with Crippen LogP contribution in [-0.4, -0.2) is 68.2 Å². The van der Waals surface area contributed by atoms with E-state index in [-0.39, 0.29) is 17.9 Å². The Morgan fingerprint density at radius 2 is 1.58 bits per heavy atom. The average Bonchev–Trinajstić information content (AvgIpc) is 3.02. The zero-order chi connectivity index (χ0) is 32.0. The summed E-state index contributed by atoms with van der Waals surface area (Å²) in [7, 11) is 1.35. The van der Waals surface area contributed by atoms with Crippen LogP contribution in [0.2, 0.25) is 0 Å². The maximum Gasteiger partial charge on any atom is 0.410 e. The summed E-state index contributed by atoms with van der Waals surface area (Å²) in [5.74, 6) is -0.0912. The molecule has 2 heterocycles. The van der Waals surface area contributed by atoms with E-state index in [0.717, 1.165) is 16.7 Å². The highest BCUT2D eigenvalue weighted by molar-refractivity contribution is 5.89. The highest BCUT2D eigenvalue weighted by Gasteiger charge is 2.45. The van der Waals surface area contributed by atoms with Gasteiger partial charge in [0.25, 0.3) is 0 Å². The number of hydrogen-bond acceptors (Lipinski definition) is 8. The molecule has 2 aliphatic rings. The number of hydrogen-bond donors (Lipinski definition) is 1. The van der Waals surface area contributed by atoms with E-state index in [1.807, 2.05) is 87.5 Å². The van der Waals surface area contributed by atoms with Crippen LogP contribution in [0.4, 0.5) is 9.59 Å². The molecule has 0 saturated carbocycles. The molecule has 3 aromatic rings. The number of alkyl carbamates (subject to hydrolysis) is 1. The van der Waals surface area contributed by atoms with Gasteiger partial charge in [0.1, 0.15) is 24.1 Å². The van der Waals surface area contributed by atoms with Crippen molar-refractivity contribution in [3.05, 3.63) is 101 Å². The Balaban J connectivity index is 1.26. The first-order chi connectivity index (χ1) is 21.6. The minimum Gasteiger partial charge on any atom is -0.489 e. The first-order valence-corrected chi connectivity index (χ1v) is 15.1. The van der Waals surface area contributed by atoms with Gasteiger partial charge in [-0.05, 0) is 61.7 Å². The largest absolute Gasteiger partial charge is 0.489 e. The first kappa shape index (κ1) is 31.8. The van der Waals surface area contributed by atoms with Gasteiger partial charge in [-0.3, -0.25) is 0 Å². The van der Waals surface area contributed by atoms with E-state index in [2.05, 4.69) is 5.32 Å². The fourth-order valence-electron chi connectivity index (χ4n) is 5.65. The number of likely N-dealkylation sites (tertiary alicyclic amines) is 1. The predicted octanol–water partition coefficient (Wildman–Crippen LogP) is 5.75. The van der Waals surface area contributed by atoms with E-state index < -0.39 is 29.8 Å². The van der Waals surface area contributed by atoms with Gasteiger partial charge in [0, 0.05) is 24.9 Å². The molecule has 45 heavy (non-hydrogen) atoms. The smallest absolute Gasteiger partial charge is 0.410 e. The van der Waals surface area contributed by atoms with Crippen molar-refractivity contribution in [2.75, 3.05) is 33.4 Å². The van der Waals surface area contributed by atoms with Crippen LogP contribution in [0, 0.1) is 11.8 Å². The number of carbonyl (C=O) groups excluding carboxylic acids is 3. The Hall–Kier alpha value is -4.57. The second-order valence-corrected chi connectivity index (χ2v) is 12.4. The fourth-order valence-corrected chi connectivity index (χ4v) is 5.65. The lowest BCUT2D eigenvalue weighted by molar-refractivity contribution is -0.124. The van der Waals surface area contributed by atoms with Crippen molar-refractivity contribution >= 4 is 18.2 Å². The number of fused-ring (bicyclic) bond motifs is 2. The molecule has 2 aliphatic heterocycles. The summed E-state index contributed by atoms with van der Waals surface area (Å²) in [5.41, 5.74) is 2.47. The van der Waals surface area contributed by atoms with Gasteiger partial charge in [-0.15, -0.1) is 0 Å². The second kappa shape index (κ2) is 14.0.